The first kappa shape index (κ1) is 12.8. The van der Waals surface area contributed by atoms with E-state index in [9.17, 15) is 0 Å². The molecule has 0 heteroatoms. The van der Waals surface area contributed by atoms with Gasteiger partial charge in [0.2, 0.25) is 0 Å². The van der Waals surface area contributed by atoms with E-state index < -0.39 is 0 Å². The summed E-state index contributed by atoms with van der Waals surface area (Å²) in [4.78, 5) is 0. The lowest BCUT2D eigenvalue weighted by molar-refractivity contribution is 0.210. The first-order valence-electron chi connectivity index (χ1n) is 6.94. The minimum Gasteiger partial charge on any atom is -0.0999 e. The van der Waals surface area contributed by atoms with Crippen LogP contribution in [0.25, 0.3) is 0 Å². The maximum absolute atomic E-state index is 4.13. The van der Waals surface area contributed by atoms with E-state index in [1.807, 2.05) is 0 Å². The van der Waals surface area contributed by atoms with Gasteiger partial charge in [-0.2, -0.15) is 0 Å². The van der Waals surface area contributed by atoms with Gasteiger partial charge in [0.15, 0.2) is 0 Å². The van der Waals surface area contributed by atoms with Crippen molar-refractivity contribution in [2.24, 2.45) is 11.8 Å². The molecule has 0 aromatic heterocycles. The van der Waals surface area contributed by atoms with Gasteiger partial charge in [-0.3, -0.25) is 0 Å². The first-order chi connectivity index (χ1) is 7.27. The Hall–Kier alpha value is -0.260. The van der Waals surface area contributed by atoms with E-state index in [4.69, 9.17) is 0 Å². The number of allylic oxidation sites excluding steroid dienone is 1. The van der Waals surface area contributed by atoms with Gasteiger partial charge in [-0.25, -0.2) is 0 Å². The molecule has 1 rings (SSSR count). The Labute approximate surface area is 96.2 Å². The molecule has 1 aliphatic rings. The molecule has 0 nitrogen and oxygen atoms in total. The Balaban J connectivity index is 2.32. The molecule has 88 valence electrons. The van der Waals surface area contributed by atoms with E-state index in [0.717, 1.165) is 11.8 Å². The van der Waals surface area contributed by atoms with Crippen molar-refractivity contribution in [3.05, 3.63) is 12.2 Å². The molecule has 1 aliphatic carbocycles. The number of hydrogen-bond donors (Lipinski definition) is 0. The highest BCUT2D eigenvalue weighted by molar-refractivity contribution is 4.93. The molecule has 0 N–H and O–H groups in total. The van der Waals surface area contributed by atoms with E-state index in [2.05, 4.69) is 20.4 Å². The van der Waals surface area contributed by atoms with Crippen LogP contribution in [-0.4, -0.2) is 0 Å². The largest absolute Gasteiger partial charge is 0.0999 e. The second kappa shape index (κ2) is 7.09. The monoisotopic (exact) mass is 208 g/mol. The van der Waals surface area contributed by atoms with E-state index in [1.54, 1.807) is 0 Å². The van der Waals surface area contributed by atoms with Gasteiger partial charge >= 0.3 is 0 Å². The normalized spacial score (nSPS) is 26.5. The zero-order valence-electron chi connectivity index (χ0n) is 10.7. The first-order valence-corrected chi connectivity index (χ1v) is 6.94. The molecular weight excluding hydrogens is 180 g/mol. The van der Waals surface area contributed by atoms with Gasteiger partial charge < -0.3 is 0 Å². The van der Waals surface area contributed by atoms with Crippen LogP contribution in [0.5, 0.6) is 0 Å². The van der Waals surface area contributed by atoms with E-state index in [-0.39, 0.29) is 0 Å². The molecule has 0 spiro atoms. The third-order valence-electron chi connectivity index (χ3n) is 4.09. The van der Waals surface area contributed by atoms with E-state index >= 15 is 0 Å². The fourth-order valence-corrected chi connectivity index (χ4v) is 2.98. The van der Waals surface area contributed by atoms with Crippen molar-refractivity contribution in [1.82, 2.24) is 0 Å². The molecule has 0 bridgehead atoms. The van der Waals surface area contributed by atoms with Gasteiger partial charge in [-0.05, 0) is 31.1 Å². The SMILES string of the molecule is C=C(CC)CCC1CCCCC1CCC. The van der Waals surface area contributed by atoms with Gasteiger partial charge in [-0.1, -0.05) is 64.5 Å². The fraction of sp³-hybridized carbons (Fsp3) is 0.867. The molecule has 1 saturated carbocycles. The summed E-state index contributed by atoms with van der Waals surface area (Å²) in [6, 6.07) is 0. The highest BCUT2D eigenvalue weighted by Gasteiger charge is 2.23. The topological polar surface area (TPSA) is 0 Å². The Kier molecular flexibility index (Phi) is 6.05. The van der Waals surface area contributed by atoms with E-state index in [1.165, 1.54) is 63.4 Å². The summed E-state index contributed by atoms with van der Waals surface area (Å²) in [7, 11) is 0. The highest BCUT2D eigenvalue weighted by Crippen LogP contribution is 2.36. The summed E-state index contributed by atoms with van der Waals surface area (Å²) >= 11 is 0. The van der Waals surface area contributed by atoms with E-state index in [0.29, 0.717) is 0 Å². The van der Waals surface area contributed by atoms with Gasteiger partial charge in [0.05, 0.1) is 0 Å². The van der Waals surface area contributed by atoms with Crippen LogP contribution in [0.4, 0.5) is 0 Å². The lowest BCUT2D eigenvalue weighted by Gasteiger charge is -2.31. The predicted molar refractivity (Wildman–Crippen MR) is 69.0 cm³/mol. The minimum absolute atomic E-state index is 1.02. The maximum atomic E-state index is 4.13. The molecule has 0 saturated heterocycles. The minimum atomic E-state index is 1.02. The summed E-state index contributed by atoms with van der Waals surface area (Å²) in [5.74, 6) is 2.05. The summed E-state index contributed by atoms with van der Waals surface area (Å²) < 4.78 is 0. The molecule has 0 aliphatic heterocycles. The summed E-state index contributed by atoms with van der Waals surface area (Å²) in [5.41, 5.74) is 1.45. The maximum Gasteiger partial charge on any atom is -0.0320 e. The van der Waals surface area contributed by atoms with Crippen LogP contribution < -0.4 is 0 Å². The van der Waals surface area contributed by atoms with Crippen molar-refractivity contribution >= 4 is 0 Å². The van der Waals surface area contributed by atoms with Gasteiger partial charge in [0.1, 0.15) is 0 Å². The quantitative estimate of drug-likeness (QED) is 0.517. The second-order valence-electron chi connectivity index (χ2n) is 5.24. The molecule has 2 atom stereocenters. The average Bonchev–Trinajstić information content (AvgIpc) is 2.28. The smallest absolute Gasteiger partial charge is 0.0320 e. The number of hydrogen-bond acceptors (Lipinski definition) is 0. The van der Waals surface area contributed by atoms with Crippen LogP contribution in [0.3, 0.4) is 0 Å². The van der Waals surface area contributed by atoms with Gasteiger partial charge in [-0.15, -0.1) is 0 Å². The highest BCUT2D eigenvalue weighted by atomic mass is 14.3. The van der Waals surface area contributed by atoms with Crippen molar-refractivity contribution in [3.63, 3.8) is 0 Å². The van der Waals surface area contributed by atoms with Crippen molar-refractivity contribution in [1.29, 1.82) is 0 Å². The van der Waals surface area contributed by atoms with Crippen LogP contribution in [0, 0.1) is 11.8 Å². The standard InChI is InChI=1S/C15H28/c1-4-8-14-9-6-7-10-15(14)12-11-13(3)5-2/h14-15H,3-12H2,1-2H3. The summed E-state index contributed by atoms with van der Waals surface area (Å²) in [5, 5.41) is 0. The molecule has 0 heterocycles. The fourth-order valence-electron chi connectivity index (χ4n) is 2.98. The van der Waals surface area contributed by atoms with Crippen molar-refractivity contribution < 1.29 is 0 Å². The molecule has 15 heavy (non-hydrogen) atoms. The Morgan fingerprint density at radius 2 is 1.67 bits per heavy atom. The van der Waals surface area contributed by atoms with Crippen molar-refractivity contribution in [3.8, 4) is 0 Å². The van der Waals surface area contributed by atoms with Crippen LogP contribution in [0.1, 0.15) is 71.6 Å². The lowest BCUT2D eigenvalue weighted by Crippen LogP contribution is -2.19. The summed E-state index contributed by atoms with van der Waals surface area (Å²) in [6.45, 7) is 8.69. The number of rotatable bonds is 6. The third kappa shape index (κ3) is 4.40. The third-order valence-corrected chi connectivity index (χ3v) is 4.09. The van der Waals surface area contributed by atoms with Crippen LogP contribution in [0.15, 0.2) is 12.2 Å². The van der Waals surface area contributed by atoms with Gasteiger partial charge in [0.25, 0.3) is 0 Å². The van der Waals surface area contributed by atoms with Crippen LogP contribution in [0.2, 0.25) is 0 Å². The molecular formula is C15H28. The zero-order chi connectivity index (χ0) is 11.1. The Morgan fingerprint density at radius 3 is 2.20 bits per heavy atom. The average molecular weight is 208 g/mol. The molecule has 0 amide bonds. The van der Waals surface area contributed by atoms with Crippen molar-refractivity contribution in [2.45, 2.75) is 71.6 Å². The Bertz CT molecular complexity index is 178. The van der Waals surface area contributed by atoms with Crippen LogP contribution >= 0.6 is 0 Å². The zero-order valence-corrected chi connectivity index (χ0v) is 10.7. The lowest BCUT2D eigenvalue weighted by atomic mass is 9.74. The summed E-state index contributed by atoms with van der Waals surface area (Å²) in [6.07, 6.45) is 12.6. The molecule has 0 aromatic carbocycles. The molecule has 2 unspecified atom stereocenters. The molecule has 0 aromatic rings. The molecule has 0 radical (unpaired) electrons. The second-order valence-corrected chi connectivity index (χ2v) is 5.24. The van der Waals surface area contributed by atoms with Crippen LogP contribution in [-0.2, 0) is 0 Å². The van der Waals surface area contributed by atoms with Gasteiger partial charge in [0, 0.05) is 0 Å². The van der Waals surface area contributed by atoms with Crippen molar-refractivity contribution in [2.75, 3.05) is 0 Å². The molecule has 1 fully saturated rings. The predicted octanol–water partition coefficient (Wildman–Crippen LogP) is 5.34. The Morgan fingerprint density at radius 1 is 1.07 bits per heavy atom.